The van der Waals surface area contributed by atoms with Crippen molar-refractivity contribution >= 4 is 5.97 Å². The Kier molecular flexibility index (Phi) is 6.54. The Morgan fingerprint density at radius 1 is 1.12 bits per heavy atom. The van der Waals surface area contributed by atoms with Crippen molar-refractivity contribution in [3.05, 3.63) is 35.4 Å². The average molecular weight is 383 g/mol. The Morgan fingerprint density at radius 3 is 2.35 bits per heavy atom. The maximum atomic E-state index is 12.6. The van der Waals surface area contributed by atoms with Gasteiger partial charge in [0, 0.05) is 6.42 Å². The molecule has 0 aromatic heterocycles. The SMILES string of the molecule is O=C(OCCc1cccc(C(F)(F)F)c1)C1CCN(CC(F)(F)F)CC1. The van der Waals surface area contributed by atoms with Crippen LogP contribution in [0.15, 0.2) is 24.3 Å². The van der Waals surface area contributed by atoms with Gasteiger partial charge in [0.1, 0.15) is 0 Å². The van der Waals surface area contributed by atoms with Crippen LogP contribution in [0.1, 0.15) is 24.0 Å². The average Bonchev–Trinajstić information content (AvgIpc) is 2.53. The lowest BCUT2D eigenvalue weighted by atomic mass is 9.97. The second-order valence-electron chi connectivity index (χ2n) is 6.28. The van der Waals surface area contributed by atoms with Gasteiger partial charge in [0.25, 0.3) is 0 Å². The quantitative estimate of drug-likeness (QED) is 0.567. The van der Waals surface area contributed by atoms with Crippen LogP contribution in [0.5, 0.6) is 0 Å². The zero-order valence-electron chi connectivity index (χ0n) is 13.9. The van der Waals surface area contributed by atoms with E-state index in [1.807, 2.05) is 0 Å². The molecular formula is C17H19F6NO2. The zero-order chi connectivity index (χ0) is 19.4. The molecule has 0 unspecified atom stereocenters. The number of nitrogens with zero attached hydrogens (tertiary/aromatic N) is 1. The van der Waals surface area contributed by atoms with E-state index in [4.69, 9.17) is 4.74 Å². The van der Waals surface area contributed by atoms with E-state index in [0.29, 0.717) is 5.56 Å². The van der Waals surface area contributed by atoms with E-state index in [1.165, 1.54) is 17.0 Å². The monoisotopic (exact) mass is 383 g/mol. The van der Waals surface area contributed by atoms with Crippen molar-refractivity contribution in [1.82, 2.24) is 4.90 Å². The summed E-state index contributed by atoms with van der Waals surface area (Å²) in [6, 6.07) is 4.77. The van der Waals surface area contributed by atoms with E-state index < -0.39 is 36.3 Å². The van der Waals surface area contributed by atoms with E-state index in [1.54, 1.807) is 0 Å². The topological polar surface area (TPSA) is 29.5 Å². The van der Waals surface area contributed by atoms with Gasteiger partial charge in [-0.3, -0.25) is 9.69 Å². The fourth-order valence-electron chi connectivity index (χ4n) is 2.87. The summed E-state index contributed by atoms with van der Waals surface area (Å²) >= 11 is 0. The summed E-state index contributed by atoms with van der Waals surface area (Å²) in [6.07, 6.45) is -8.01. The van der Waals surface area contributed by atoms with Crippen LogP contribution >= 0.6 is 0 Å². The number of esters is 1. The van der Waals surface area contributed by atoms with Crippen LogP contribution in [0.2, 0.25) is 0 Å². The first-order valence-corrected chi connectivity index (χ1v) is 8.16. The molecule has 146 valence electrons. The van der Waals surface area contributed by atoms with Gasteiger partial charge < -0.3 is 4.74 Å². The number of rotatable bonds is 5. The van der Waals surface area contributed by atoms with Crippen molar-refractivity contribution in [3.63, 3.8) is 0 Å². The van der Waals surface area contributed by atoms with Crippen molar-refractivity contribution in [2.45, 2.75) is 31.6 Å². The maximum absolute atomic E-state index is 12.6. The first-order chi connectivity index (χ1) is 12.0. The zero-order valence-corrected chi connectivity index (χ0v) is 13.9. The number of carbonyl (C=O) groups is 1. The van der Waals surface area contributed by atoms with Gasteiger partial charge in [0.05, 0.1) is 24.6 Å². The van der Waals surface area contributed by atoms with Gasteiger partial charge in [-0.05, 0) is 37.6 Å². The van der Waals surface area contributed by atoms with Crippen molar-refractivity contribution in [1.29, 1.82) is 0 Å². The Hall–Kier alpha value is -1.77. The largest absolute Gasteiger partial charge is 0.465 e. The standard InChI is InChI=1S/C17H19F6NO2/c18-16(19,20)11-24-7-4-13(5-8-24)15(25)26-9-6-12-2-1-3-14(10-12)17(21,22)23/h1-3,10,13H,4-9,11H2. The highest BCUT2D eigenvalue weighted by molar-refractivity contribution is 5.72. The van der Waals surface area contributed by atoms with Crippen LogP contribution in [0, 0.1) is 5.92 Å². The summed E-state index contributed by atoms with van der Waals surface area (Å²) in [4.78, 5) is 13.2. The molecule has 1 aromatic carbocycles. The maximum Gasteiger partial charge on any atom is 0.416 e. The van der Waals surface area contributed by atoms with Gasteiger partial charge in [0.2, 0.25) is 0 Å². The fourth-order valence-corrected chi connectivity index (χ4v) is 2.87. The number of carbonyl (C=O) groups excluding carboxylic acids is 1. The van der Waals surface area contributed by atoms with E-state index >= 15 is 0 Å². The highest BCUT2D eigenvalue weighted by Crippen LogP contribution is 2.29. The number of likely N-dealkylation sites (tertiary alicyclic amines) is 1. The normalized spacial score (nSPS) is 17.3. The summed E-state index contributed by atoms with van der Waals surface area (Å²) in [6.45, 7) is -0.743. The summed E-state index contributed by atoms with van der Waals surface area (Å²) in [5.41, 5.74) is -0.369. The van der Waals surface area contributed by atoms with Crippen molar-refractivity contribution in [2.75, 3.05) is 26.2 Å². The Labute approximate surface area is 146 Å². The van der Waals surface area contributed by atoms with Gasteiger partial charge in [-0.1, -0.05) is 18.2 Å². The molecule has 1 saturated heterocycles. The highest BCUT2D eigenvalue weighted by atomic mass is 19.4. The molecule has 0 atom stereocenters. The molecule has 1 aliphatic heterocycles. The molecule has 2 rings (SSSR count). The van der Waals surface area contributed by atoms with Crippen molar-refractivity contribution < 1.29 is 35.9 Å². The molecule has 1 aliphatic rings. The number of hydrogen-bond acceptors (Lipinski definition) is 3. The summed E-state index contributed by atoms with van der Waals surface area (Å²) in [7, 11) is 0. The van der Waals surface area contributed by atoms with Crippen LogP contribution in [-0.4, -0.2) is 43.3 Å². The number of hydrogen-bond donors (Lipinski definition) is 0. The molecule has 9 heteroatoms. The van der Waals surface area contributed by atoms with Crippen LogP contribution in [0.25, 0.3) is 0 Å². The minimum atomic E-state index is -4.43. The molecule has 0 spiro atoms. The third-order valence-electron chi connectivity index (χ3n) is 4.21. The molecule has 0 bridgehead atoms. The van der Waals surface area contributed by atoms with Gasteiger partial charge in [-0.15, -0.1) is 0 Å². The van der Waals surface area contributed by atoms with Crippen LogP contribution in [-0.2, 0) is 22.1 Å². The number of alkyl halides is 6. The Balaban J connectivity index is 1.75. The van der Waals surface area contributed by atoms with E-state index in [2.05, 4.69) is 0 Å². The molecule has 0 radical (unpaired) electrons. The summed E-state index contributed by atoms with van der Waals surface area (Å²) < 4.78 is 80.0. The minimum Gasteiger partial charge on any atom is -0.465 e. The molecule has 1 fully saturated rings. The second kappa shape index (κ2) is 8.28. The highest BCUT2D eigenvalue weighted by Gasteiger charge is 2.34. The number of piperidine rings is 1. The van der Waals surface area contributed by atoms with E-state index in [-0.39, 0.29) is 39.0 Å². The molecule has 1 heterocycles. The number of halogens is 6. The lowest BCUT2D eigenvalue weighted by Crippen LogP contribution is -2.41. The van der Waals surface area contributed by atoms with Crippen LogP contribution in [0.4, 0.5) is 26.3 Å². The molecule has 0 saturated carbocycles. The van der Waals surface area contributed by atoms with Crippen LogP contribution < -0.4 is 0 Å². The Bertz CT molecular complexity index is 606. The fraction of sp³-hybridized carbons (Fsp3) is 0.588. The molecule has 26 heavy (non-hydrogen) atoms. The first-order valence-electron chi connectivity index (χ1n) is 8.16. The first kappa shape index (κ1) is 20.5. The van der Waals surface area contributed by atoms with Crippen LogP contribution in [0.3, 0.4) is 0 Å². The summed E-state index contributed by atoms with van der Waals surface area (Å²) in [5, 5.41) is 0. The molecular weight excluding hydrogens is 364 g/mol. The smallest absolute Gasteiger partial charge is 0.416 e. The minimum absolute atomic E-state index is 0.0666. The Morgan fingerprint density at radius 2 is 1.77 bits per heavy atom. The lowest BCUT2D eigenvalue weighted by molar-refractivity contribution is -0.156. The predicted octanol–water partition coefficient (Wildman–Crippen LogP) is 4.07. The lowest BCUT2D eigenvalue weighted by Gasteiger charge is -2.31. The van der Waals surface area contributed by atoms with Gasteiger partial charge >= 0.3 is 18.3 Å². The third kappa shape index (κ3) is 6.51. The summed E-state index contributed by atoms with van der Waals surface area (Å²) in [5.74, 6) is -0.982. The van der Waals surface area contributed by atoms with Crippen molar-refractivity contribution in [2.24, 2.45) is 5.92 Å². The van der Waals surface area contributed by atoms with E-state index in [0.717, 1.165) is 12.1 Å². The molecule has 3 nitrogen and oxygen atoms in total. The van der Waals surface area contributed by atoms with Gasteiger partial charge in [-0.25, -0.2) is 0 Å². The van der Waals surface area contributed by atoms with Gasteiger partial charge in [0.15, 0.2) is 0 Å². The number of ether oxygens (including phenoxy) is 1. The molecule has 0 N–H and O–H groups in total. The second-order valence-corrected chi connectivity index (χ2v) is 6.28. The molecule has 0 aliphatic carbocycles. The van der Waals surface area contributed by atoms with Crippen molar-refractivity contribution in [3.8, 4) is 0 Å². The van der Waals surface area contributed by atoms with E-state index in [9.17, 15) is 31.1 Å². The molecule has 1 aromatic rings. The number of benzene rings is 1. The predicted molar refractivity (Wildman–Crippen MR) is 81.3 cm³/mol. The van der Waals surface area contributed by atoms with Gasteiger partial charge in [-0.2, -0.15) is 26.3 Å². The molecule has 0 amide bonds. The third-order valence-corrected chi connectivity index (χ3v) is 4.21.